The summed E-state index contributed by atoms with van der Waals surface area (Å²) in [6.07, 6.45) is 1.93. The van der Waals surface area contributed by atoms with Crippen LogP contribution in [0, 0.1) is 17.5 Å². The van der Waals surface area contributed by atoms with Crippen LogP contribution >= 0.6 is 0 Å². The van der Waals surface area contributed by atoms with Gasteiger partial charge in [-0.3, -0.25) is 0 Å². The van der Waals surface area contributed by atoms with Gasteiger partial charge >= 0.3 is 0 Å². The van der Waals surface area contributed by atoms with Gasteiger partial charge in [0.2, 0.25) is 0 Å². The quantitative estimate of drug-likeness (QED) is 0.744. The molecule has 1 aliphatic heterocycles. The minimum atomic E-state index is -1.18. The molecule has 3 rings (SSSR count). The van der Waals surface area contributed by atoms with Crippen LogP contribution in [0.25, 0.3) is 0 Å². The SMILES string of the molecule is COc1cccc(C2CCN(CCC(N)Cc3cc(F)c(F)cc3F)C2)c1. The first-order chi connectivity index (χ1) is 13.0. The van der Waals surface area contributed by atoms with Crippen LogP contribution in [0.5, 0.6) is 5.75 Å². The molecule has 1 heterocycles. The predicted molar refractivity (Wildman–Crippen MR) is 99.4 cm³/mol. The summed E-state index contributed by atoms with van der Waals surface area (Å²) in [7, 11) is 1.66. The molecular weight excluding hydrogens is 353 g/mol. The Balaban J connectivity index is 1.50. The smallest absolute Gasteiger partial charge is 0.161 e. The monoisotopic (exact) mass is 378 g/mol. The van der Waals surface area contributed by atoms with Gasteiger partial charge in [0.15, 0.2) is 11.6 Å². The van der Waals surface area contributed by atoms with Crippen molar-refractivity contribution in [1.29, 1.82) is 0 Å². The highest BCUT2D eigenvalue weighted by Crippen LogP contribution is 2.29. The standard InChI is InChI=1S/C21H25F3N2O/c1-27-18-4-2-3-14(10-18)15-5-7-26(13-15)8-6-17(25)9-16-11-20(23)21(24)12-19(16)22/h2-4,10-12,15,17H,5-9,13,25H2,1H3. The van der Waals surface area contributed by atoms with E-state index in [1.807, 2.05) is 12.1 Å². The van der Waals surface area contributed by atoms with E-state index in [1.54, 1.807) is 7.11 Å². The molecule has 0 spiro atoms. The van der Waals surface area contributed by atoms with E-state index in [0.717, 1.165) is 37.9 Å². The van der Waals surface area contributed by atoms with Gasteiger partial charge in [-0.05, 0) is 67.6 Å². The van der Waals surface area contributed by atoms with Crippen LogP contribution in [0.2, 0.25) is 0 Å². The summed E-state index contributed by atoms with van der Waals surface area (Å²) in [5.41, 5.74) is 7.49. The second kappa shape index (κ2) is 8.76. The van der Waals surface area contributed by atoms with Crippen molar-refractivity contribution in [2.24, 2.45) is 5.73 Å². The number of hydrogen-bond acceptors (Lipinski definition) is 3. The zero-order valence-electron chi connectivity index (χ0n) is 15.4. The lowest BCUT2D eigenvalue weighted by atomic mass is 9.98. The normalized spacial score (nSPS) is 18.6. The van der Waals surface area contributed by atoms with Crippen LogP contribution in [-0.4, -0.2) is 37.7 Å². The van der Waals surface area contributed by atoms with Crippen LogP contribution in [0.4, 0.5) is 13.2 Å². The Morgan fingerprint density at radius 2 is 1.93 bits per heavy atom. The van der Waals surface area contributed by atoms with Gasteiger partial charge in [-0.25, -0.2) is 13.2 Å². The molecule has 2 aromatic rings. The molecule has 6 heteroatoms. The topological polar surface area (TPSA) is 38.5 Å². The zero-order valence-corrected chi connectivity index (χ0v) is 15.4. The van der Waals surface area contributed by atoms with Crippen molar-refractivity contribution >= 4 is 0 Å². The zero-order chi connectivity index (χ0) is 19.4. The molecule has 1 fully saturated rings. The first kappa shape index (κ1) is 19.7. The number of benzene rings is 2. The Kier molecular flexibility index (Phi) is 6.39. The maximum Gasteiger partial charge on any atom is 0.161 e. The first-order valence-corrected chi connectivity index (χ1v) is 9.21. The summed E-state index contributed by atoms with van der Waals surface area (Å²) < 4.78 is 45.4. The minimum absolute atomic E-state index is 0.122. The highest BCUT2D eigenvalue weighted by atomic mass is 19.2. The average Bonchev–Trinajstić information content (AvgIpc) is 3.13. The van der Waals surface area contributed by atoms with Gasteiger partial charge in [-0.1, -0.05) is 12.1 Å². The van der Waals surface area contributed by atoms with Crippen LogP contribution in [0.1, 0.15) is 29.9 Å². The third kappa shape index (κ3) is 5.02. The number of rotatable bonds is 7. The summed E-state index contributed by atoms with van der Waals surface area (Å²) in [6.45, 7) is 2.72. The number of nitrogens with zero attached hydrogens (tertiary/aromatic N) is 1. The maximum atomic E-state index is 13.7. The van der Waals surface area contributed by atoms with E-state index in [2.05, 4.69) is 17.0 Å². The van der Waals surface area contributed by atoms with Gasteiger partial charge in [0.25, 0.3) is 0 Å². The van der Waals surface area contributed by atoms with E-state index in [4.69, 9.17) is 10.5 Å². The van der Waals surface area contributed by atoms with Crippen molar-refractivity contribution in [2.75, 3.05) is 26.7 Å². The number of halogens is 3. The Morgan fingerprint density at radius 3 is 2.70 bits per heavy atom. The third-order valence-electron chi connectivity index (χ3n) is 5.23. The van der Waals surface area contributed by atoms with E-state index < -0.39 is 17.5 Å². The molecule has 2 aromatic carbocycles. The van der Waals surface area contributed by atoms with Gasteiger partial charge in [0.05, 0.1) is 7.11 Å². The lowest BCUT2D eigenvalue weighted by Crippen LogP contribution is -2.31. The van der Waals surface area contributed by atoms with E-state index >= 15 is 0 Å². The summed E-state index contributed by atoms with van der Waals surface area (Å²) in [5, 5.41) is 0. The summed E-state index contributed by atoms with van der Waals surface area (Å²) in [6, 6.07) is 9.31. The van der Waals surface area contributed by atoms with Crippen molar-refractivity contribution in [3.05, 3.63) is 65.0 Å². The molecule has 2 N–H and O–H groups in total. The number of methoxy groups -OCH3 is 1. The third-order valence-corrected chi connectivity index (χ3v) is 5.23. The van der Waals surface area contributed by atoms with Gasteiger partial charge in [0, 0.05) is 18.7 Å². The lowest BCUT2D eigenvalue weighted by Gasteiger charge is -2.19. The number of nitrogens with two attached hydrogens (primary N) is 1. The van der Waals surface area contributed by atoms with Crippen molar-refractivity contribution in [1.82, 2.24) is 4.90 Å². The van der Waals surface area contributed by atoms with Crippen molar-refractivity contribution < 1.29 is 17.9 Å². The first-order valence-electron chi connectivity index (χ1n) is 9.21. The van der Waals surface area contributed by atoms with Gasteiger partial charge in [0.1, 0.15) is 11.6 Å². The number of hydrogen-bond donors (Lipinski definition) is 1. The van der Waals surface area contributed by atoms with E-state index in [1.165, 1.54) is 5.56 Å². The Labute approximate surface area is 157 Å². The molecular formula is C21H25F3N2O. The van der Waals surface area contributed by atoms with Crippen molar-refractivity contribution in [3.8, 4) is 5.75 Å². The molecule has 0 bridgehead atoms. The number of ether oxygens (including phenoxy) is 1. The fourth-order valence-corrected chi connectivity index (χ4v) is 3.66. The van der Waals surface area contributed by atoms with Crippen molar-refractivity contribution in [3.63, 3.8) is 0 Å². The van der Waals surface area contributed by atoms with Gasteiger partial charge in [-0.15, -0.1) is 0 Å². The lowest BCUT2D eigenvalue weighted by molar-refractivity contribution is 0.316. The predicted octanol–water partition coefficient (Wildman–Crippen LogP) is 3.86. The minimum Gasteiger partial charge on any atom is -0.497 e. The number of likely N-dealkylation sites (tertiary alicyclic amines) is 1. The molecule has 0 aliphatic carbocycles. The Hall–Kier alpha value is -2.05. The summed E-state index contributed by atoms with van der Waals surface area (Å²) >= 11 is 0. The van der Waals surface area contributed by atoms with Crippen LogP contribution in [0.15, 0.2) is 36.4 Å². The fraction of sp³-hybridized carbons (Fsp3) is 0.429. The van der Waals surface area contributed by atoms with Crippen LogP contribution < -0.4 is 10.5 Å². The Bertz CT molecular complexity index is 784. The van der Waals surface area contributed by atoms with Gasteiger partial charge in [-0.2, -0.15) is 0 Å². The molecule has 27 heavy (non-hydrogen) atoms. The van der Waals surface area contributed by atoms with Crippen LogP contribution in [0.3, 0.4) is 0 Å². The molecule has 2 unspecified atom stereocenters. The molecule has 0 saturated carbocycles. The molecule has 0 amide bonds. The molecule has 2 atom stereocenters. The van der Waals surface area contributed by atoms with Crippen molar-refractivity contribution in [2.45, 2.75) is 31.2 Å². The molecule has 1 aliphatic rings. The Morgan fingerprint density at radius 1 is 1.15 bits per heavy atom. The van der Waals surface area contributed by atoms with Gasteiger partial charge < -0.3 is 15.4 Å². The highest BCUT2D eigenvalue weighted by molar-refractivity contribution is 5.31. The second-order valence-corrected chi connectivity index (χ2v) is 7.17. The summed E-state index contributed by atoms with van der Waals surface area (Å²) in [4.78, 5) is 2.34. The van der Waals surface area contributed by atoms with Crippen LogP contribution in [-0.2, 0) is 6.42 Å². The molecule has 3 nitrogen and oxygen atoms in total. The van der Waals surface area contributed by atoms with E-state index in [-0.39, 0.29) is 18.0 Å². The largest absolute Gasteiger partial charge is 0.497 e. The molecule has 146 valence electrons. The molecule has 1 saturated heterocycles. The fourth-order valence-electron chi connectivity index (χ4n) is 3.66. The molecule has 0 aromatic heterocycles. The highest BCUT2D eigenvalue weighted by Gasteiger charge is 2.24. The van der Waals surface area contributed by atoms with E-state index in [0.29, 0.717) is 18.4 Å². The second-order valence-electron chi connectivity index (χ2n) is 7.17. The molecule has 0 radical (unpaired) electrons. The van der Waals surface area contributed by atoms with E-state index in [9.17, 15) is 13.2 Å². The maximum absolute atomic E-state index is 13.7. The summed E-state index contributed by atoms with van der Waals surface area (Å²) in [5.74, 6) is -1.64. The average molecular weight is 378 g/mol.